The van der Waals surface area contributed by atoms with E-state index in [-0.39, 0.29) is 0 Å². The van der Waals surface area contributed by atoms with E-state index in [4.69, 9.17) is 11.6 Å². The summed E-state index contributed by atoms with van der Waals surface area (Å²) in [4.78, 5) is 32.5. The number of fused-ring (bicyclic) bond motifs is 1. The van der Waals surface area contributed by atoms with E-state index < -0.39 is 18.5 Å². The molecule has 0 spiro atoms. The van der Waals surface area contributed by atoms with Gasteiger partial charge in [0.05, 0.1) is 10.7 Å². The maximum Gasteiger partial charge on any atom is 0.361 e. The Morgan fingerprint density at radius 1 is 1.14 bits per heavy atom. The fourth-order valence-electron chi connectivity index (χ4n) is 2.11. The molecule has 1 aromatic carbocycles. The molecule has 0 aliphatic heterocycles. The quantitative estimate of drug-likeness (QED) is 0.626. The molecule has 21 heavy (non-hydrogen) atoms. The number of pyridine rings is 1. The molecule has 0 atom stereocenters. The second-order valence-corrected chi connectivity index (χ2v) is 6.49. The lowest BCUT2D eigenvalue weighted by molar-refractivity contribution is 0.387. The van der Waals surface area contributed by atoms with Crippen LogP contribution < -0.4 is 10.9 Å². The first-order valence-corrected chi connectivity index (χ1v) is 7.91. The summed E-state index contributed by atoms with van der Waals surface area (Å²) in [5.41, 5.74) is 0.247. The van der Waals surface area contributed by atoms with Gasteiger partial charge in [-0.05, 0) is 30.3 Å². The van der Waals surface area contributed by atoms with Crippen molar-refractivity contribution in [1.82, 2.24) is 9.55 Å². The van der Waals surface area contributed by atoms with Crippen LogP contribution in [-0.4, -0.2) is 19.3 Å². The van der Waals surface area contributed by atoms with Crippen LogP contribution in [0, 0.1) is 0 Å². The molecule has 2 heterocycles. The predicted molar refractivity (Wildman–Crippen MR) is 80.6 cm³/mol. The molecule has 108 valence electrons. The molecule has 0 fully saturated rings. The van der Waals surface area contributed by atoms with Gasteiger partial charge in [-0.1, -0.05) is 11.6 Å². The molecule has 8 heteroatoms. The Bertz CT molecular complexity index is 927. The third-order valence-corrected chi connectivity index (χ3v) is 4.35. The minimum Gasteiger partial charge on any atom is -0.322 e. The first-order chi connectivity index (χ1) is 9.86. The molecular formula is C13H10ClN2O4P. The highest BCUT2D eigenvalue weighted by Crippen LogP contribution is 2.33. The molecule has 0 saturated heterocycles. The average Bonchev–Trinajstić information content (AvgIpc) is 2.89. The largest absolute Gasteiger partial charge is 0.361 e. The van der Waals surface area contributed by atoms with Crippen LogP contribution in [0.1, 0.15) is 0 Å². The Hall–Kier alpha value is -1.85. The second kappa shape index (κ2) is 4.86. The highest BCUT2D eigenvalue weighted by Gasteiger charge is 2.22. The predicted octanol–water partition coefficient (Wildman–Crippen LogP) is 1.78. The molecule has 0 amide bonds. The third-order valence-electron chi connectivity index (χ3n) is 3.09. The van der Waals surface area contributed by atoms with Crippen molar-refractivity contribution in [3.05, 3.63) is 58.1 Å². The van der Waals surface area contributed by atoms with E-state index in [0.29, 0.717) is 21.6 Å². The zero-order valence-electron chi connectivity index (χ0n) is 10.5. The first kappa shape index (κ1) is 14.1. The van der Waals surface area contributed by atoms with Crippen molar-refractivity contribution in [2.24, 2.45) is 0 Å². The van der Waals surface area contributed by atoms with Crippen molar-refractivity contribution in [2.45, 2.75) is 0 Å². The van der Waals surface area contributed by atoms with Crippen molar-refractivity contribution in [1.29, 1.82) is 0 Å². The molecule has 2 aromatic heterocycles. The maximum atomic E-state index is 11.7. The van der Waals surface area contributed by atoms with Crippen LogP contribution in [0.4, 0.5) is 0 Å². The van der Waals surface area contributed by atoms with Gasteiger partial charge >= 0.3 is 7.60 Å². The van der Waals surface area contributed by atoms with E-state index in [1.54, 1.807) is 29.1 Å². The van der Waals surface area contributed by atoms with Crippen LogP contribution in [0.2, 0.25) is 5.02 Å². The molecular weight excluding hydrogens is 315 g/mol. The van der Waals surface area contributed by atoms with Crippen LogP contribution in [0.3, 0.4) is 0 Å². The van der Waals surface area contributed by atoms with E-state index in [1.807, 2.05) is 12.1 Å². The first-order valence-electron chi connectivity index (χ1n) is 5.92. The smallest absolute Gasteiger partial charge is 0.322 e. The number of hydrogen-bond acceptors (Lipinski definition) is 2. The van der Waals surface area contributed by atoms with Crippen LogP contribution in [-0.2, 0) is 4.57 Å². The summed E-state index contributed by atoms with van der Waals surface area (Å²) in [6.07, 6.45) is 3.59. The molecule has 3 aromatic rings. The number of aromatic amines is 1. The summed E-state index contributed by atoms with van der Waals surface area (Å²) in [7, 11) is -4.63. The highest BCUT2D eigenvalue weighted by molar-refractivity contribution is 7.60. The Morgan fingerprint density at radius 3 is 2.43 bits per heavy atom. The molecule has 0 saturated carbocycles. The van der Waals surface area contributed by atoms with Gasteiger partial charge < -0.3 is 19.3 Å². The van der Waals surface area contributed by atoms with Gasteiger partial charge in [-0.25, -0.2) is 0 Å². The van der Waals surface area contributed by atoms with E-state index in [0.717, 1.165) is 0 Å². The Labute approximate surface area is 123 Å². The van der Waals surface area contributed by atoms with Crippen molar-refractivity contribution < 1.29 is 14.4 Å². The van der Waals surface area contributed by atoms with E-state index in [2.05, 4.69) is 4.98 Å². The molecule has 0 radical (unpaired) electrons. The van der Waals surface area contributed by atoms with Crippen molar-refractivity contribution >= 4 is 35.4 Å². The summed E-state index contributed by atoms with van der Waals surface area (Å²) in [5, 5.41) is 0.343. The fraction of sp³-hybridized carbons (Fsp3) is 0. The molecule has 6 nitrogen and oxygen atoms in total. The molecule has 3 rings (SSSR count). The van der Waals surface area contributed by atoms with Gasteiger partial charge in [0.1, 0.15) is 5.30 Å². The summed E-state index contributed by atoms with van der Waals surface area (Å²) >= 11 is 6.18. The van der Waals surface area contributed by atoms with Crippen LogP contribution in [0.5, 0.6) is 0 Å². The number of rotatable bonds is 2. The van der Waals surface area contributed by atoms with Gasteiger partial charge in [0, 0.05) is 23.3 Å². The second-order valence-electron chi connectivity index (χ2n) is 4.51. The number of halogens is 1. The lowest BCUT2D eigenvalue weighted by Gasteiger charge is -2.09. The highest BCUT2D eigenvalue weighted by atomic mass is 35.5. The topological polar surface area (TPSA) is 95.3 Å². The van der Waals surface area contributed by atoms with E-state index in [1.165, 1.54) is 6.07 Å². The molecule has 0 aliphatic carbocycles. The standard InChI is InChI=1S/C13H10ClN2O4P/c14-9-7-10-8(5-11(9)16-3-1-2-4-16)6-12(13(17)15-10)21(18,19)20/h1-7H,(H,15,17)(H2,18,19,20). The van der Waals surface area contributed by atoms with Crippen LogP contribution in [0.25, 0.3) is 16.6 Å². The zero-order valence-corrected chi connectivity index (χ0v) is 12.2. The zero-order chi connectivity index (χ0) is 15.2. The number of benzene rings is 1. The monoisotopic (exact) mass is 324 g/mol. The van der Waals surface area contributed by atoms with Gasteiger partial charge in [-0.3, -0.25) is 9.36 Å². The fourth-order valence-corrected chi connectivity index (χ4v) is 3.00. The minimum absolute atomic E-state index is 0.415. The summed E-state index contributed by atoms with van der Waals surface area (Å²) in [5.74, 6) is 0. The Kier molecular flexibility index (Phi) is 3.26. The number of H-pyrrole nitrogens is 1. The van der Waals surface area contributed by atoms with Crippen molar-refractivity contribution in [3.8, 4) is 5.69 Å². The Morgan fingerprint density at radius 2 is 1.81 bits per heavy atom. The van der Waals surface area contributed by atoms with Crippen molar-refractivity contribution in [3.63, 3.8) is 0 Å². The third kappa shape index (κ3) is 2.54. The molecule has 0 unspecified atom stereocenters. The summed E-state index contributed by atoms with van der Waals surface area (Å²) < 4.78 is 13.1. The van der Waals surface area contributed by atoms with E-state index in [9.17, 15) is 19.1 Å². The van der Waals surface area contributed by atoms with Crippen LogP contribution >= 0.6 is 19.2 Å². The van der Waals surface area contributed by atoms with Gasteiger partial charge in [0.15, 0.2) is 0 Å². The molecule has 0 bridgehead atoms. The Balaban J connectivity index is 2.32. The number of nitrogens with one attached hydrogen (secondary N) is 1. The normalized spacial score (nSPS) is 12.0. The lowest BCUT2D eigenvalue weighted by atomic mass is 10.2. The van der Waals surface area contributed by atoms with Crippen LogP contribution in [0.15, 0.2) is 47.5 Å². The number of nitrogens with zero attached hydrogens (tertiary/aromatic N) is 1. The van der Waals surface area contributed by atoms with E-state index >= 15 is 0 Å². The minimum atomic E-state index is -4.63. The SMILES string of the molecule is O=c1[nH]c2cc(Cl)c(-n3cccc3)cc2cc1P(=O)(O)O. The molecule has 3 N–H and O–H groups in total. The maximum absolute atomic E-state index is 11.7. The molecule has 0 aliphatic rings. The number of aromatic nitrogens is 2. The summed E-state index contributed by atoms with van der Waals surface area (Å²) in [6, 6.07) is 8.06. The van der Waals surface area contributed by atoms with Gasteiger partial charge in [0.2, 0.25) is 0 Å². The van der Waals surface area contributed by atoms with Gasteiger partial charge in [-0.2, -0.15) is 0 Å². The van der Waals surface area contributed by atoms with Gasteiger partial charge in [-0.15, -0.1) is 0 Å². The summed E-state index contributed by atoms with van der Waals surface area (Å²) in [6.45, 7) is 0. The number of hydrogen-bond donors (Lipinski definition) is 3. The van der Waals surface area contributed by atoms with Crippen molar-refractivity contribution in [2.75, 3.05) is 0 Å². The lowest BCUT2D eigenvalue weighted by Crippen LogP contribution is -2.26. The average molecular weight is 325 g/mol. The van der Waals surface area contributed by atoms with Gasteiger partial charge in [0.25, 0.3) is 5.56 Å².